The summed E-state index contributed by atoms with van der Waals surface area (Å²) >= 11 is 1.94. The van der Waals surface area contributed by atoms with E-state index in [9.17, 15) is 4.79 Å². The number of unbranched alkanes of at least 4 members (excludes halogenated alkanes) is 1. The van der Waals surface area contributed by atoms with Crippen molar-refractivity contribution < 1.29 is 4.79 Å². The largest absolute Gasteiger partial charge is 0.299 e. The normalized spacial score (nSPS) is 10.5. The van der Waals surface area contributed by atoms with Gasteiger partial charge in [0.15, 0.2) is 0 Å². The van der Waals surface area contributed by atoms with E-state index >= 15 is 0 Å². The van der Waals surface area contributed by atoms with Crippen LogP contribution < -0.4 is 0 Å². The molecule has 58 valence electrons. The molecule has 0 bridgehead atoms. The molecule has 0 unspecified atom stereocenters. The van der Waals surface area contributed by atoms with Gasteiger partial charge in [-0.15, -0.1) is 0 Å². The highest BCUT2D eigenvalue weighted by Gasteiger charge is 1.82. The summed E-state index contributed by atoms with van der Waals surface area (Å²) in [6.45, 7) is 2.16. The van der Waals surface area contributed by atoms with Crippen molar-refractivity contribution >= 4 is 18.0 Å². The maximum absolute atomic E-state index is 9.80. The summed E-state index contributed by atoms with van der Waals surface area (Å²) in [6.07, 6.45) is 6.53. The molecule has 0 amide bonds. The highest BCUT2D eigenvalue weighted by Crippen LogP contribution is 2.03. The number of allylic oxidation sites excluding steroid dienone is 2. The average Bonchev–Trinajstić information content (AvgIpc) is 1.97. The number of hydrogen-bond donors (Lipinski definition) is 0. The second-order valence-corrected chi connectivity index (χ2v) is 3.30. The third-order valence-corrected chi connectivity index (χ3v) is 2.06. The molecule has 0 spiro atoms. The number of carbonyl (C=O) groups excluding carboxylic acids is 1. The Hall–Kier alpha value is -0.240. The van der Waals surface area contributed by atoms with Crippen LogP contribution in [0.1, 0.15) is 19.8 Å². The van der Waals surface area contributed by atoms with E-state index in [1.165, 1.54) is 17.9 Å². The van der Waals surface area contributed by atoms with Crippen LogP contribution in [-0.2, 0) is 4.79 Å². The van der Waals surface area contributed by atoms with Crippen LogP contribution in [0.5, 0.6) is 0 Å². The van der Waals surface area contributed by atoms with Gasteiger partial charge in [0.25, 0.3) is 0 Å². The van der Waals surface area contributed by atoms with Crippen LogP contribution in [-0.4, -0.2) is 17.8 Å². The quantitative estimate of drug-likeness (QED) is 0.335. The van der Waals surface area contributed by atoms with Crippen molar-refractivity contribution in [3.8, 4) is 0 Å². The van der Waals surface area contributed by atoms with E-state index in [0.717, 1.165) is 12.7 Å². The molecule has 0 aromatic heterocycles. The summed E-state index contributed by atoms with van der Waals surface area (Å²) in [5.74, 6) is 2.40. The molecule has 0 aliphatic heterocycles. The van der Waals surface area contributed by atoms with Gasteiger partial charge in [-0.1, -0.05) is 13.0 Å². The van der Waals surface area contributed by atoms with Crippen molar-refractivity contribution in [2.24, 2.45) is 0 Å². The van der Waals surface area contributed by atoms with Crippen molar-refractivity contribution in [2.75, 3.05) is 11.5 Å². The van der Waals surface area contributed by atoms with Crippen LogP contribution >= 0.6 is 11.8 Å². The molecule has 0 aliphatic rings. The van der Waals surface area contributed by atoms with Gasteiger partial charge >= 0.3 is 0 Å². The molecule has 0 rings (SSSR count). The number of hydrogen-bond acceptors (Lipinski definition) is 2. The molecule has 0 saturated heterocycles. The standard InChI is InChI=1S/C8H14OS/c1-2-10-8-6-4-3-5-7-9/h3,5,7H,2,4,6,8H2,1H3/b5-3+. The fraction of sp³-hybridized carbons (Fsp3) is 0.625. The zero-order valence-electron chi connectivity index (χ0n) is 6.38. The SMILES string of the molecule is CCSCCC/C=C/C=O. The summed E-state index contributed by atoms with van der Waals surface area (Å²) in [4.78, 5) is 9.80. The van der Waals surface area contributed by atoms with Crippen molar-refractivity contribution in [3.05, 3.63) is 12.2 Å². The van der Waals surface area contributed by atoms with Gasteiger partial charge in [-0.25, -0.2) is 0 Å². The minimum absolute atomic E-state index is 0.826. The molecule has 0 N–H and O–H groups in total. The molecule has 0 radical (unpaired) electrons. The van der Waals surface area contributed by atoms with Crippen LogP contribution in [0.4, 0.5) is 0 Å². The molecule has 10 heavy (non-hydrogen) atoms. The van der Waals surface area contributed by atoms with Gasteiger partial charge in [0.05, 0.1) is 0 Å². The van der Waals surface area contributed by atoms with E-state index in [0.29, 0.717) is 0 Å². The summed E-state index contributed by atoms with van der Waals surface area (Å²) in [7, 11) is 0. The Morgan fingerprint density at radius 1 is 1.50 bits per heavy atom. The Morgan fingerprint density at radius 2 is 2.30 bits per heavy atom. The highest BCUT2D eigenvalue weighted by molar-refractivity contribution is 7.99. The lowest BCUT2D eigenvalue weighted by atomic mass is 10.3. The van der Waals surface area contributed by atoms with Crippen LogP contribution in [0.25, 0.3) is 0 Å². The molecule has 0 saturated carbocycles. The lowest BCUT2D eigenvalue weighted by molar-refractivity contribution is -0.104. The second-order valence-electron chi connectivity index (χ2n) is 1.90. The first kappa shape index (κ1) is 9.76. The zero-order valence-corrected chi connectivity index (χ0v) is 7.19. The van der Waals surface area contributed by atoms with E-state index < -0.39 is 0 Å². The molecule has 0 fully saturated rings. The minimum Gasteiger partial charge on any atom is -0.299 e. The highest BCUT2D eigenvalue weighted by atomic mass is 32.2. The molecule has 1 nitrogen and oxygen atoms in total. The first-order valence-corrected chi connectivity index (χ1v) is 4.75. The zero-order chi connectivity index (χ0) is 7.66. The van der Waals surface area contributed by atoms with Crippen LogP contribution in [0.15, 0.2) is 12.2 Å². The van der Waals surface area contributed by atoms with Gasteiger partial charge in [-0.05, 0) is 30.4 Å². The van der Waals surface area contributed by atoms with Crippen LogP contribution in [0.3, 0.4) is 0 Å². The third-order valence-electron chi connectivity index (χ3n) is 1.08. The Kier molecular flexibility index (Phi) is 8.55. The van der Waals surface area contributed by atoms with Gasteiger partial charge in [0, 0.05) is 0 Å². The van der Waals surface area contributed by atoms with E-state index in [1.807, 2.05) is 17.8 Å². The molecule has 0 aliphatic carbocycles. The molecule has 0 aromatic carbocycles. The van der Waals surface area contributed by atoms with Crippen LogP contribution in [0.2, 0.25) is 0 Å². The van der Waals surface area contributed by atoms with Crippen molar-refractivity contribution in [3.63, 3.8) is 0 Å². The molecule has 0 aromatic rings. The Balaban J connectivity index is 2.90. The predicted octanol–water partition coefficient (Wildman–Crippen LogP) is 2.27. The number of carbonyl (C=O) groups is 1. The number of aldehydes is 1. The fourth-order valence-corrected chi connectivity index (χ4v) is 1.26. The molecule has 0 heterocycles. The molecular weight excluding hydrogens is 144 g/mol. The van der Waals surface area contributed by atoms with Crippen molar-refractivity contribution in [1.29, 1.82) is 0 Å². The molecule has 0 atom stereocenters. The number of rotatable bonds is 6. The lowest BCUT2D eigenvalue weighted by Gasteiger charge is -1.92. The van der Waals surface area contributed by atoms with E-state index in [-0.39, 0.29) is 0 Å². The Morgan fingerprint density at radius 3 is 2.90 bits per heavy atom. The summed E-state index contributed by atoms with van der Waals surface area (Å²) in [5.41, 5.74) is 0. The molecule has 2 heteroatoms. The third kappa shape index (κ3) is 7.76. The summed E-state index contributed by atoms with van der Waals surface area (Å²) in [6, 6.07) is 0. The monoisotopic (exact) mass is 158 g/mol. The predicted molar refractivity (Wildman–Crippen MR) is 47.4 cm³/mol. The van der Waals surface area contributed by atoms with Gasteiger partial charge < -0.3 is 0 Å². The van der Waals surface area contributed by atoms with Gasteiger partial charge in [-0.3, -0.25) is 4.79 Å². The second kappa shape index (κ2) is 8.76. The average molecular weight is 158 g/mol. The van der Waals surface area contributed by atoms with Gasteiger partial charge in [-0.2, -0.15) is 11.8 Å². The van der Waals surface area contributed by atoms with Crippen molar-refractivity contribution in [1.82, 2.24) is 0 Å². The summed E-state index contributed by atoms with van der Waals surface area (Å²) < 4.78 is 0. The maximum Gasteiger partial charge on any atom is 0.142 e. The van der Waals surface area contributed by atoms with Gasteiger partial charge in [0.1, 0.15) is 6.29 Å². The van der Waals surface area contributed by atoms with E-state index in [4.69, 9.17) is 0 Å². The van der Waals surface area contributed by atoms with E-state index in [1.54, 1.807) is 6.08 Å². The lowest BCUT2D eigenvalue weighted by Crippen LogP contribution is -1.78. The maximum atomic E-state index is 9.80. The minimum atomic E-state index is 0.826. The van der Waals surface area contributed by atoms with Crippen LogP contribution in [0, 0.1) is 0 Å². The first-order chi connectivity index (χ1) is 4.91. The summed E-state index contributed by atoms with van der Waals surface area (Å²) in [5, 5.41) is 0. The topological polar surface area (TPSA) is 17.1 Å². The Bertz CT molecular complexity index is 99.4. The Labute approximate surface area is 66.9 Å². The molecular formula is C8H14OS. The first-order valence-electron chi connectivity index (χ1n) is 3.60. The van der Waals surface area contributed by atoms with Crippen molar-refractivity contribution in [2.45, 2.75) is 19.8 Å². The van der Waals surface area contributed by atoms with E-state index in [2.05, 4.69) is 6.92 Å². The number of thioether (sulfide) groups is 1. The van der Waals surface area contributed by atoms with Gasteiger partial charge in [0.2, 0.25) is 0 Å². The fourth-order valence-electron chi connectivity index (χ4n) is 0.599. The smallest absolute Gasteiger partial charge is 0.142 e.